The van der Waals surface area contributed by atoms with Crippen molar-refractivity contribution in [2.24, 2.45) is 5.92 Å². The Morgan fingerprint density at radius 3 is 2.78 bits per heavy atom. The first kappa shape index (κ1) is 12.8. The normalized spacial score (nSPS) is 21.8. The maximum absolute atomic E-state index is 11.6. The van der Waals surface area contributed by atoms with Crippen molar-refractivity contribution in [1.29, 1.82) is 0 Å². The smallest absolute Gasteiger partial charge is 0.320 e. The predicted molar refractivity (Wildman–Crippen MR) is 68.2 cm³/mol. The van der Waals surface area contributed by atoms with E-state index in [0.29, 0.717) is 18.7 Å². The fourth-order valence-corrected chi connectivity index (χ4v) is 2.08. The third kappa shape index (κ3) is 3.19. The fourth-order valence-electron chi connectivity index (χ4n) is 1.75. The molecule has 1 fully saturated rings. The van der Waals surface area contributed by atoms with Gasteiger partial charge in [-0.3, -0.25) is 10.1 Å². The van der Waals surface area contributed by atoms with Crippen LogP contribution in [0.4, 0.5) is 10.6 Å². The summed E-state index contributed by atoms with van der Waals surface area (Å²) in [6, 6.07) is 3.00. The Balaban J connectivity index is 1.78. The minimum Gasteiger partial charge on any atom is -0.481 e. The quantitative estimate of drug-likeness (QED) is 0.794. The standard InChI is InChI=1S/C11H12BrN3O3/c12-7-1-2-13-9(5-7)15-11(18)14-8-3-6(4-8)10(16)17/h1-2,5-6,8H,3-4H2,(H,16,17)(H2,13,14,15,18). The molecule has 0 unspecified atom stereocenters. The maximum Gasteiger partial charge on any atom is 0.320 e. The number of rotatable bonds is 3. The molecule has 0 aliphatic heterocycles. The molecule has 0 bridgehead atoms. The lowest BCUT2D eigenvalue weighted by Gasteiger charge is -2.32. The van der Waals surface area contributed by atoms with E-state index in [-0.39, 0.29) is 18.0 Å². The summed E-state index contributed by atoms with van der Waals surface area (Å²) in [5.41, 5.74) is 0. The van der Waals surface area contributed by atoms with Crippen LogP contribution in [0.3, 0.4) is 0 Å². The molecule has 1 aliphatic carbocycles. The molecule has 0 radical (unpaired) electrons. The van der Waals surface area contributed by atoms with Crippen LogP contribution in [-0.2, 0) is 4.79 Å². The van der Waals surface area contributed by atoms with Gasteiger partial charge in [0, 0.05) is 16.7 Å². The molecule has 1 aromatic heterocycles. The van der Waals surface area contributed by atoms with Crippen molar-refractivity contribution in [3.63, 3.8) is 0 Å². The number of hydrogen-bond acceptors (Lipinski definition) is 3. The lowest BCUT2D eigenvalue weighted by atomic mass is 9.80. The highest BCUT2D eigenvalue weighted by Gasteiger charge is 2.35. The van der Waals surface area contributed by atoms with Crippen molar-refractivity contribution in [2.45, 2.75) is 18.9 Å². The average Bonchev–Trinajstić information content (AvgIpc) is 2.22. The highest BCUT2D eigenvalue weighted by Crippen LogP contribution is 2.27. The van der Waals surface area contributed by atoms with Crippen LogP contribution in [0.2, 0.25) is 0 Å². The monoisotopic (exact) mass is 313 g/mol. The summed E-state index contributed by atoms with van der Waals surface area (Å²) >= 11 is 3.27. The number of anilines is 1. The number of aliphatic carboxylic acids is 1. The number of urea groups is 1. The first-order valence-electron chi connectivity index (χ1n) is 5.46. The lowest BCUT2D eigenvalue weighted by Crippen LogP contribution is -2.48. The van der Waals surface area contributed by atoms with Crippen LogP contribution in [0, 0.1) is 5.92 Å². The summed E-state index contributed by atoms with van der Waals surface area (Å²) in [6.07, 6.45) is 2.53. The maximum atomic E-state index is 11.6. The molecule has 1 saturated carbocycles. The van der Waals surface area contributed by atoms with Crippen molar-refractivity contribution >= 4 is 33.7 Å². The summed E-state index contributed by atoms with van der Waals surface area (Å²) in [6.45, 7) is 0. The van der Waals surface area contributed by atoms with Gasteiger partial charge in [-0.05, 0) is 25.0 Å². The van der Waals surface area contributed by atoms with Gasteiger partial charge < -0.3 is 10.4 Å². The molecule has 0 atom stereocenters. The number of hydrogen-bond donors (Lipinski definition) is 3. The zero-order valence-electron chi connectivity index (χ0n) is 9.39. The SMILES string of the molecule is O=C(Nc1cc(Br)ccn1)NC1CC(C(=O)O)C1. The minimum atomic E-state index is -0.804. The Labute approximate surface area is 112 Å². The number of carbonyl (C=O) groups excluding carboxylic acids is 1. The van der Waals surface area contributed by atoms with E-state index < -0.39 is 5.97 Å². The van der Waals surface area contributed by atoms with E-state index >= 15 is 0 Å². The van der Waals surface area contributed by atoms with E-state index in [1.807, 2.05) is 0 Å². The molecule has 3 N–H and O–H groups in total. The molecule has 6 nitrogen and oxygen atoms in total. The summed E-state index contributed by atoms with van der Waals surface area (Å²) in [5.74, 6) is -0.697. The van der Waals surface area contributed by atoms with Crippen molar-refractivity contribution in [1.82, 2.24) is 10.3 Å². The second-order valence-electron chi connectivity index (χ2n) is 4.16. The molecule has 96 valence electrons. The molecule has 2 rings (SSSR count). The van der Waals surface area contributed by atoms with Crippen LogP contribution in [0.25, 0.3) is 0 Å². The lowest BCUT2D eigenvalue weighted by molar-refractivity contribution is -0.145. The molecular formula is C11H12BrN3O3. The largest absolute Gasteiger partial charge is 0.481 e. The molecule has 2 amide bonds. The Morgan fingerprint density at radius 2 is 2.17 bits per heavy atom. The zero-order chi connectivity index (χ0) is 13.1. The average molecular weight is 314 g/mol. The fraction of sp³-hybridized carbons (Fsp3) is 0.364. The number of amides is 2. The highest BCUT2D eigenvalue weighted by atomic mass is 79.9. The highest BCUT2D eigenvalue weighted by molar-refractivity contribution is 9.10. The predicted octanol–water partition coefficient (Wildman–Crippen LogP) is 1.83. The number of aromatic nitrogens is 1. The van der Waals surface area contributed by atoms with Crippen molar-refractivity contribution in [2.75, 3.05) is 5.32 Å². The van der Waals surface area contributed by atoms with E-state index in [1.54, 1.807) is 18.3 Å². The topological polar surface area (TPSA) is 91.3 Å². The van der Waals surface area contributed by atoms with Gasteiger partial charge in [0.15, 0.2) is 0 Å². The van der Waals surface area contributed by atoms with Gasteiger partial charge in [-0.1, -0.05) is 15.9 Å². The van der Waals surface area contributed by atoms with Crippen molar-refractivity contribution < 1.29 is 14.7 Å². The molecule has 0 saturated heterocycles. The first-order chi connectivity index (χ1) is 8.54. The van der Waals surface area contributed by atoms with Crippen molar-refractivity contribution in [3.8, 4) is 0 Å². The molecular weight excluding hydrogens is 302 g/mol. The second-order valence-corrected chi connectivity index (χ2v) is 5.08. The van der Waals surface area contributed by atoms with Crippen LogP contribution in [0.15, 0.2) is 22.8 Å². The van der Waals surface area contributed by atoms with Gasteiger partial charge in [-0.25, -0.2) is 9.78 Å². The van der Waals surface area contributed by atoms with Crippen LogP contribution in [0.1, 0.15) is 12.8 Å². The number of pyridine rings is 1. The van der Waals surface area contributed by atoms with E-state index in [1.165, 1.54) is 0 Å². The van der Waals surface area contributed by atoms with Crippen molar-refractivity contribution in [3.05, 3.63) is 22.8 Å². The summed E-state index contributed by atoms with van der Waals surface area (Å²) in [7, 11) is 0. The van der Waals surface area contributed by atoms with Gasteiger partial charge in [0.25, 0.3) is 0 Å². The molecule has 1 aliphatic rings. The van der Waals surface area contributed by atoms with Gasteiger partial charge in [-0.2, -0.15) is 0 Å². The van der Waals surface area contributed by atoms with Crippen LogP contribution in [-0.4, -0.2) is 28.1 Å². The molecule has 0 spiro atoms. The second kappa shape index (κ2) is 5.34. The zero-order valence-corrected chi connectivity index (χ0v) is 11.0. The van der Waals surface area contributed by atoms with Crippen LogP contribution in [0.5, 0.6) is 0 Å². The summed E-state index contributed by atoms with van der Waals surface area (Å²) in [5, 5.41) is 14.0. The van der Waals surface area contributed by atoms with Gasteiger partial charge in [0.05, 0.1) is 5.92 Å². The minimum absolute atomic E-state index is 0.0711. The first-order valence-corrected chi connectivity index (χ1v) is 6.26. The Hall–Kier alpha value is -1.63. The number of halogens is 1. The summed E-state index contributed by atoms with van der Waals surface area (Å²) < 4.78 is 0.822. The van der Waals surface area contributed by atoms with Crippen LogP contribution < -0.4 is 10.6 Å². The van der Waals surface area contributed by atoms with Gasteiger partial charge in [0.2, 0.25) is 0 Å². The third-order valence-electron chi connectivity index (χ3n) is 2.79. The number of carbonyl (C=O) groups is 2. The van der Waals surface area contributed by atoms with Gasteiger partial charge in [-0.15, -0.1) is 0 Å². The van der Waals surface area contributed by atoms with E-state index in [4.69, 9.17) is 5.11 Å². The van der Waals surface area contributed by atoms with Gasteiger partial charge in [0.1, 0.15) is 5.82 Å². The Bertz CT molecular complexity index is 474. The molecule has 0 aromatic carbocycles. The molecule has 18 heavy (non-hydrogen) atoms. The number of nitrogens with zero attached hydrogens (tertiary/aromatic N) is 1. The van der Waals surface area contributed by atoms with E-state index in [9.17, 15) is 9.59 Å². The molecule has 7 heteroatoms. The Kier molecular flexibility index (Phi) is 3.81. The molecule has 1 aromatic rings. The number of carboxylic acids is 1. The van der Waals surface area contributed by atoms with E-state index in [2.05, 4.69) is 31.5 Å². The summed E-state index contributed by atoms with van der Waals surface area (Å²) in [4.78, 5) is 26.2. The van der Waals surface area contributed by atoms with Gasteiger partial charge >= 0.3 is 12.0 Å². The Morgan fingerprint density at radius 1 is 1.44 bits per heavy atom. The van der Waals surface area contributed by atoms with Crippen LogP contribution >= 0.6 is 15.9 Å². The number of nitrogens with one attached hydrogen (secondary N) is 2. The molecule has 1 heterocycles. The van der Waals surface area contributed by atoms with E-state index in [0.717, 1.165) is 4.47 Å². The third-order valence-corrected chi connectivity index (χ3v) is 3.28. The number of carboxylic acid groups (broad SMARTS) is 1.